The van der Waals surface area contributed by atoms with Crippen molar-refractivity contribution in [2.75, 3.05) is 17.7 Å². The van der Waals surface area contributed by atoms with Crippen molar-refractivity contribution in [3.63, 3.8) is 0 Å². The molecule has 0 radical (unpaired) electrons. The number of carbonyl (C=O) groups excluding carboxylic acids is 2. The van der Waals surface area contributed by atoms with Crippen molar-refractivity contribution in [3.8, 4) is 11.1 Å². The van der Waals surface area contributed by atoms with E-state index in [2.05, 4.69) is 15.6 Å². The molecule has 0 atom stereocenters. The first kappa shape index (κ1) is 20.5. The maximum Gasteiger partial charge on any atom is 0.348 e. The number of nitrogens with one attached hydrogen (secondary N) is 2. The maximum atomic E-state index is 13.9. The van der Waals surface area contributed by atoms with E-state index in [1.54, 1.807) is 42.6 Å². The fourth-order valence-electron chi connectivity index (χ4n) is 3.15. The minimum absolute atomic E-state index is 0.110. The van der Waals surface area contributed by atoms with Gasteiger partial charge in [0.05, 0.1) is 23.0 Å². The van der Waals surface area contributed by atoms with Crippen molar-refractivity contribution in [2.45, 2.75) is 6.92 Å². The Bertz CT molecular complexity index is 1300. The maximum absolute atomic E-state index is 13.9. The number of carbonyl (C=O) groups is 2. The summed E-state index contributed by atoms with van der Waals surface area (Å²) in [5, 5.41) is 5.25. The molecule has 31 heavy (non-hydrogen) atoms. The van der Waals surface area contributed by atoms with Crippen LogP contribution in [0.4, 0.5) is 20.6 Å². The highest BCUT2D eigenvalue weighted by Gasteiger charge is 2.15. The second-order valence-electron chi connectivity index (χ2n) is 6.82. The Morgan fingerprint density at radius 3 is 2.71 bits per heavy atom. The topological polar surface area (TPSA) is 80.3 Å². The molecule has 4 rings (SSSR count). The highest BCUT2D eigenvalue weighted by atomic mass is 32.1. The molecule has 0 unspecified atom stereocenters. The van der Waals surface area contributed by atoms with Gasteiger partial charge in [0, 0.05) is 17.4 Å². The van der Waals surface area contributed by atoms with Crippen LogP contribution in [0, 0.1) is 12.7 Å². The zero-order chi connectivity index (χ0) is 22.0. The molecule has 2 N–H and O–H groups in total. The van der Waals surface area contributed by atoms with Crippen molar-refractivity contribution in [1.82, 2.24) is 4.98 Å². The third kappa shape index (κ3) is 4.39. The molecular weight excluding hydrogens is 417 g/mol. The van der Waals surface area contributed by atoms with Crippen molar-refractivity contribution in [1.29, 1.82) is 0 Å². The van der Waals surface area contributed by atoms with Gasteiger partial charge in [0.1, 0.15) is 10.7 Å². The van der Waals surface area contributed by atoms with Gasteiger partial charge in [-0.3, -0.25) is 4.98 Å². The number of methoxy groups -OCH3 is 1. The summed E-state index contributed by atoms with van der Waals surface area (Å²) in [5.41, 5.74) is 3.89. The number of urea groups is 1. The Morgan fingerprint density at radius 2 is 1.90 bits per heavy atom. The lowest BCUT2D eigenvalue weighted by Gasteiger charge is -2.10. The first-order chi connectivity index (χ1) is 14.9. The molecule has 2 amide bonds. The fraction of sp³-hybridized carbons (Fsp3) is 0.0870. The van der Waals surface area contributed by atoms with Crippen molar-refractivity contribution in [3.05, 3.63) is 77.1 Å². The number of ether oxygens (including phenoxy) is 1. The van der Waals surface area contributed by atoms with Crippen LogP contribution in [0.25, 0.3) is 21.3 Å². The SMILES string of the molecule is COC(=O)c1cc2nccc(-c3cccc(NC(=O)Nc4cc(C)ccc4F)c3)c2s1. The molecule has 0 aliphatic carbocycles. The van der Waals surface area contributed by atoms with Crippen LogP contribution >= 0.6 is 11.3 Å². The predicted molar refractivity (Wildman–Crippen MR) is 120 cm³/mol. The van der Waals surface area contributed by atoms with Gasteiger partial charge in [-0.1, -0.05) is 18.2 Å². The number of aromatic nitrogens is 1. The summed E-state index contributed by atoms with van der Waals surface area (Å²) in [4.78, 5) is 29.0. The molecule has 8 heteroatoms. The minimum Gasteiger partial charge on any atom is -0.465 e. The number of rotatable bonds is 4. The van der Waals surface area contributed by atoms with Gasteiger partial charge in [0.2, 0.25) is 0 Å². The number of nitrogens with zero attached hydrogens (tertiary/aromatic N) is 1. The van der Waals surface area contributed by atoms with Crippen LogP contribution in [0.1, 0.15) is 15.2 Å². The van der Waals surface area contributed by atoms with Crippen LogP contribution in [-0.2, 0) is 4.74 Å². The highest BCUT2D eigenvalue weighted by Crippen LogP contribution is 2.35. The molecule has 2 aromatic carbocycles. The number of aryl methyl sites for hydroxylation is 1. The second kappa shape index (κ2) is 8.53. The number of amides is 2. The largest absolute Gasteiger partial charge is 0.465 e. The number of halogens is 1. The van der Waals surface area contributed by atoms with Gasteiger partial charge < -0.3 is 15.4 Å². The first-order valence-corrected chi connectivity index (χ1v) is 10.2. The second-order valence-corrected chi connectivity index (χ2v) is 7.87. The molecule has 0 aliphatic rings. The predicted octanol–water partition coefficient (Wildman–Crippen LogP) is 5.84. The van der Waals surface area contributed by atoms with E-state index in [4.69, 9.17) is 4.74 Å². The Balaban J connectivity index is 1.60. The van der Waals surface area contributed by atoms with E-state index in [1.807, 2.05) is 19.1 Å². The standard InChI is InChI=1S/C23H18FN3O3S/c1-13-6-7-17(24)18(10-13)27-23(29)26-15-5-3-4-14(11-15)16-8-9-25-19-12-20(22(28)30-2)31-21(16)19/h3-12H,1-2H3,(H2,26,27,29). The molecule has 2 aromatic heterocycles. The summed E-state index contributed by atoms with van der Waals surface area (Å²) < 4.78 is 19.5. The van der Waals surface area contributed by atoms with Crippen LogP contribution in [0.2, 0.25) is 0 Å². The Labute approximate surface area is 181 Å². The van der Waals surface area contributed by atoms with Crippen LogP contribution in [0.5, 0.6) is 0 Å². The summed E-state index contributed by atoms with van der Waals surface area (Å²) >= 11 is 1.30. The Hall–Kier alpha value is -3.78. The molecule has 4 aromatic rings. The summed E-state index contributed by atoms with van der Waals surface area (Å²) in [5.74, 6) is -0.919. The lowest BCUT2D eigenvalue weighted by atomic mass is 10.1. The van der Waals surface area contributed by atoms with Gasteiger partial charge in [-0.05, 0) is 54.4 Å². The molecule has 0 saturated carbocycles. The molecule has 2 heterocycles. The minimum atomic E-state index is -0.550. The lowest BCUT2D eigenvalue weighted by molar-refractivity contribution is 0.0606. The number of benzene rings is 2. The number of esters is 1. The Kier molecular flexibility index (Phi) is 5.64. The molecule has 0 spiro atoms. The average Bonchev–Trinajstić information content (AvgIpc) is 3.20. The summed E-state index contributed by atoms with van der Waals surface area (Å²) in [6.45, 7) is 1.82. The third-order valence-corrected chi connectivity index (χ3v) is 5.74. The quantitative estimate of drug-likeness (QED) is 0.395. The summed E-state index contributed by atoms with van der Waals surface area (Å²) in [6.07, 6.45) is 1.67. The normalized spacial score (nSPS) is 10.7. The van der Waals surface area contributed by atoms with Crippen molar-refractivity contribution in [2.24, 2.45) is 0 Å². The van der Waals surface area contributed by atoms with E-state index in [0.717, 1.165) is 21.4 Å². The molecule has 0 saturated heterocycles. The van der Waals surface area contributed by atoms with E-state index in [1.165, 1.54) is 24.5 Å². The smallest absolute Gasteiger partial charge is 0.348 e. The molecule has 0 bridgehead atoms. The zero-order valence-electron chi connectivity index (χ0n) is 16.7. The van der Waals surface area contributed by atoms with Crippen molar-refractivity contribution < 1.29 is 18.7 Å². The van der Waals surface area contributed by atoms with Crippen LogP contribution in [0.3, 0.4) is 0 Å². The van der Waals surface area contributed by atoms with E-state index < -0.39 is 17.8 Å². The number of anilines is 2. The van der Waals surface area contributed by atoms with Gasteiger partial charge in [-0.15, -0.1) is 11.3 Å². The molecule has 0 aliphatic heterocycles. The third-order valence-electron chi connectivity index (χ3n) is 4.60. The van der Waals surface area contributed by atoms with Crippen LogP contribution < -0.4 is 10.6 Å². The van der Waals surface area contributed by atoms with Crippen LogP contribution in [0.15, 0.2) is 60.8 Å². The van der Waals surface area contributed by atoms with E-state index in [-0.39, 0.29) is 5.69 Å². The molecule has 156 valence electrons. The number of pyridine rings is 1. The van der Waals surface area contributed by atoms with Gasteiger partial charge in [0.15, 0.2) is 0 Å². The van der Waals surface area contributed by atoms with E-state index in [0.29, 0.717) is 16.1 Å². The number of thiophene rings is 1. The van der Waals surface area contributed by atoms with Gasteiger partial charge >= 0.3 is 12.0 Å². The van der Waals surface area contributed by atoms with Gasteiger partial charge in [-0.25, -0.2) is 14.0 Å². The number of hydrogen-bond acceptors (Lipinski definition) is 5. The van der Waals surface area contributed by atoms with Gasteiger partial charge in [0.25, 0.3) is 0 Å². The summed E-state index contributed by atoms with van der Waals surface area (Å²) in [7, 11) is 1.34. The number of fused-ring (bicyclic) bond motifs is 1. The highest BCUT2D eigenvalue weighted by molar-refractivity contribution is 7.21. The van der Waals surface area contributed by atoms with E-state index >= 15 is 0 Å². The van der Waals surface area contributed by atoms with E-state index in [9.17, 15) is 14.0 Å². The van der Waals surface area contributed by atoms with Gasteiger partial charge in [-0.2, -0.15) is 0 Å². The lowest BCUT2D eigenvalue weighted by Crippen LogP contribution is -2.20. The monoisotopic (exact) mass is 435 g/mol. The summed E-state index contributed by atoms with van der Waals surface area (Å²) in [6, 6.07) is 14.7. The van der Waals surface area contributed by atoms with Crippen LogP contribution in [-0.4, -0.2) is 24.1 Å². The molecular formula is C23H18FN3O3S. The fourth-order valence-corrected chi connectivity index (χ4v) is 4.22. The molecule has 0 fully saturated rings. The Morgan fingerprint density at radius 1 is 1.06 bits per heavy atom. The first-order valence-electron chi connectivity index (χ1n) is 9.36. The van der Waals surface area contributed by atoms with Crippen molar-refractivity contribution >= 4 is 44.9 Å². The average molecular weight is 435 g/mol. The zero-order valence-corrected chi connectivity index (χ0v) is 17.5. The number of hydrogen-bond donors (Lipinski definition) is 2. The molecule has 6 nitrogen and oxygen atoms in total.